The van der Waals surface area contributed by atoms with Crippen molar-refractivity contribution in [2.75, 3.05) is 0 Å². The van der Waals surface area contributed by atoms with Gasteiger partial charge in [0.2, 0.25) is 0 Å². The van der Waals surface area contributed by atoms with E-state index in [9.17, 15) is 9.90 Å². The quantitative estimate of drug-likeness (QED) is 0.445. The van der Waals surface area contributed by atoms with Gasteiger partial charge in [0, 0.05) is 22.7 Å². The maximum absolute atomic E-state index is 13.5. The van der Waals surface area contributed by atoms with E-state index in [1.165, 1.54) is 0 Å². The average molecular weight is 413 g/mol. The first-order chi connectivity index (χ1) is 15.2. The minimum atomic E-state index is -0.318. The Labute approximate surface area is 179 Å². The lowest BCUT2D eigenvalue weighted by atomic mass is 10.0. The van der Waals surface area contributed by atoms with Gasteiger partial charge < -0.3 is 14.9 Å². The van der Waals surface area contributed by atoms with Gasteiger partial charge in [-0.15, -0.1) is 0 Å². The Balaban J connectivity index is 1.59. The fourth-order valence-corrected chi connectivity index (χ4v) is 3.95. The molecule has 4 aromatic rings. The minimum absolute atomic E-state index is 0.170. The van der Waals surface area contributed by atoms with Crippen LogP contribution in [-0.2, 0) is 0 Å². The van der Waals surface area contributed by atoms with Gasteiger partial charge in [0.1, 0.15) is 11.4 Å². The number of carbonyl (C=O) groups is 1. The monoisotopic (exact) mass is 413 g/mol. The third-order valence-electron chi connectivity index (χ3n) is 5.78. The number of aromatic hydroxyl groups is 1. The van der Waals surface area contributed by atoms with Crippen molar-refractivity contribution >= 4 is 17.0 Å². The molecule has 2 aromatic carbocycles. The molecule has 0 aliphatic heterocycles. The molecule has 1 atom stereocenters. The van der Waals surface area contributed by atoms with Gasteiger partial charge in [-0.25, -0.2) is 4.98 Å². The Hall–Kier alpha value is -3.67. The number of hydrogen-bond acceptors (Lipinski definition) is 5. The highest BCUT2D eigenvalue weighted by Gasteiger charge is 2.30. The summed E-state index contributed by atoms with van der Waals surface area (Å²) in [5.74, 6) is 0.300. The molecule has 1 aliphatic rings. The van der Waals surface area contributed by atoms with Gasteiger partial charge >= 0.3 is 0 Å². The van der Waals surface area contributed by atoms with Crippen molar-refractivity contribution in [3.8, 4) is 17.0 Å². The molecule has 2 N–H and O–H groups in total. The lowest BCUT2D eigenvalue weighted by Crippen LogP contribution is -2.28. The third-order valence-corrected chi connectivity index (χ3v) is 5.78. The molecule has 1 aliphatic carbocycles. The fourth-order valence-electron chi connectivity index (χ4n) is 3.95. The Morgan fingerprint density at radius 3 is 2.61 bits per heavy atom. The number of aromatic nitrogens is 2. The summed E-state index contributed by atoms with van der Waals surface area (Å²) >= 11 is 0. The van der Waals surface area contributed by atoms with Crippen LogP contribution in [0.1, 0.15) is 59.8 Å². The molecule has 6 heteroatoms. The lowest BCUT2D eigenvalue weighted by molar-refractivity contribution is 0.0936. The number of pyridine rings is 1. The molecule has 6 nitrogen and oxygen atoms in total. The minimum Gasteiger partial charge on any atom is -0.508 e. The number of nitrogens with one attached hydrogen (secondary N) is 1. The number of phenols is 1. The van der Waals surface area contributed by atoms with Crippen molar-refractivity contribution in [2.45, 2.75) is 38.1 Å². The zero-order chi connectivity index (χ0) is 21.4. The van der Waals surface area contributed by atoms with Crippen molar-refractivity contribution in [3.05, 3.63) is 77.5 Å². The predicted octanol–water partition coefficient (Wildman–Crippen LogP) is 5.35. The first-order valence-electron chi connectivity index (χ1n) is 10.6. The molecule has 0 radical (unpaired) electrons. The van der Waals surface area contributed by atoms with Crippen molar-refractivity contribution in [1.82, 2.24) is 15.5 Å². The van der Waals surface area contributed by atoms with Gasteiger partial charge in [0.05, 0.1) is 17.0 Å². The summed E-state index contributed by atoms with van der Waals surface area (Å²) in [4.78, 5) is 18.1. The van der Waals surface area contributed by atoms with E-state index in [0.717, 1.165) is 24.1 Å². The maximum atomic E-state index is 13.5. The van der Waals surface area contributed by atoms with Crippen LogP contribution in [0.4, 0.5) is 0 Å². The maximum Gasteiger partial charge on any atom is 0.259 e. The van der Waals surface area contributed by atoms with Crippen LogP contribution in [0.2, 0.25) is 0 Å². The van der Waals surface area contributed by atoms with Gasteiger partial charge in [0.15, 0.2) is 0 Å². The Morgan fingerprint density at radius 2 is 1.90 bits per heavy atom. The van der Waals surface area contributed by atoms with E-state index in [1.54, 1.807) is 12.1 Å². The van der Waals surface area contributed by atoms with Gasteiger partial charge in [-0.05, 0) is 31.4 Å². The molecule has 1 saturated carbocycles. The second kappa shape index (κ2) is 7.87. The van der Waals surface area contributed by atoms with Crippen LogP contribution in [0.15, 0.2) is 65.2 Å². The molecular weight excluding hydrogens is 390 g/mol. The summed E-state index contributed by atoms with van der Waals surface area (Å²) in [7, 11) is 0. The zero-order valence-electron chi connectivity index (χ0n) is 17.2. The van der Waals surface area contributed by atoms with E-state index < -0.39 is 0 Å². The largest absolute Gasteiger partial charge is 0.508 e. The Bertz CT molecular complexity index is 1250. The zero-order valence-corrected chi connectivity index (χ0v) is 17.2. The second-order valence-corrected chi connectivity index (χ2v) is 7.94. The number of para-hydroxylation sites is 1. The standard InChI is InChI=1S/C25H23N3O3/c1-2-19(17-10-6-7-11-21(17)29)26-24(30)18-14-20(15-12-13-15)27-25-22(18)23(28-31-25)16-8-4-3-5-9-16/h3-11,14-15,19,29H,2,12-13H2,1H3,(H,26,30). The van der Waals surface area contributed by atoms with Crippen LogP contribution < -0.4 is 5.32 Å². The van der Waals surface area contributed by atoms with Crippen LogP contribution in [-0.4, -0.2) is 21.2 Å². The van der Waals surface area contributed by atoms with Crippen LogP contribution in [0.5, 0.6) is 5.75 Å². The number of fused-ring (bicyclic) bond motifs is 1. The third kappa shape index (κ3) is 3.65. The first-order valence-corrected chi connectivity index (χ1v) is 10.6. The molecule has 1 amide bonds. The summed E-state index contributed by atoms with van der Waals surface area (Å²) in [6.07, 6.45) is 2.77. The summed E-state index contributed by atoms with van der Waals surface area (Å²) < 4.78 is 5.57. The number of nitrogens with zero attached hydrogens (tertiary/aromatic N) is 2. The van der Waals surface area contributed by atoms with Crippen molar-refractivity contribution in [1.29, 1.82) is 0 Å². The fraction of sp³-hybridized carbons (Fsp3) is 0.240. The van der Waals surface area contributed by atoms with E-state index in [2.05, 4.69) is 15.5 Å². The van der Waals surface area contributed by atoms with E-state index in [0.29, 0.717) is 40.3 Å². The normalized spacial score (nSPS) is 14.5. The van der Waals surface area contributed by atoms with Crippen LogP contribution >= 0.6 is 0 Å². The van der Waals surface area contributed by atoms with Gasteiger partial charge in [-0.2, -0.15) is 0 Å². The van der Waals surface area contributed by atoms with Crippen molar-refractivity contribution < 1.29 is 14.4 Å². The highest BCUT2D eigenvalue weighted by atomic mass is 16.5. The van der Waals surface area contributed by atoms with E-state index in [4.69, 9.17) is 4.52 Å². The van der Waals surface area contributed by atoms with E-state index in [1.807, 2.05) is 55.5 Å². The molecular formula is C25H23N3O3. The Morgan fingerprint density at radius 1 is 1.16 bits per heavy atom. The summed E-state index contributed by atoms with van der Waals surface area (Å²) in [6.45, 7) is 1.98. The van der Waals surface area contributed by atoms with Gasteiger partial charge in [-0.1, -0.05) is 60.6 Å². The SMILES string of the molecule is CCC(NC(=O)c1cc(C2CC2)nc2onc(-c3ccccc3)c12)c1ccccc1O. The van der Waals surface area contributed by atoms with E-state index >= 15 is 0 Å². The molecule has 0 bridgehead atoms. The summed E-state index contributed by atoms with van der Waals surface area (Å²) in [5, 5.41) is 18.2. The van der Waals surface area contributed by atoms with Crippen LogP contribution in [0.3, 0.4) is 0 Å². The first kappa shape index (κ1) is 19.3. The molecule has 5 rings (SSSR count). The highest BCUT2D eigenvalue weighted by Crippen LogP contribution is 2.41. The topological polar surface area (TPSA) is 88.3 Å². The summed E-state index contributed by atoms with van der Waals surface area (Å²) in [5.41, 5.74) is 3.91. The highest BCUT2D eigenvalue weighted by molar-refractivity contribution is 6.09. The molecule has 0 spiro atoms. The smallest absolute Gasteiger partial charge is 0.259 e. The summed E-state index contributed by atoms with van der Waals surface area (Å²) in [6, 6.07) is 18.3. The molecule has 1 fully saturated rings. The number of phenolic OH excluding ortho intramolecular Hbond substituents is 1. The number of amides is 1. The lowest BCUT2D eigenvalue weighted by Gasteiger charge is -2.19. The molecule has 31 heavy (non-hydrogen) atoms. The predicted molar refractivity (Wildman–Crippen MR) is 118 cm³/mol. The van der Waals surface area contributed by atoms with Crippen molar-refractivity contribution in [3.63, 3.8) is 0 Å². The Kier molecular flexibility index (Phi) is 4.90. The molecule has 156 valence electrons. The van der Waals surface area contributed by atoms with Gasteiger partial charge in [-0.3, -0.25) is 4.79 Å². The molecule has 2 aromatic heterocycles. The average Bonchev–Trinajstić information content (AvgIpc) is 3.57. The van der Waals surface area contributed by atoms with Crippen LogP contribution in [0.25, 0.3) is 22.4 Å². The number of hydrogen-bond donors (Lipinski definition) is 2. The molecule has 0 saturated heterocycles. The molecule has 1 unspecified atom stereocenters. The van der Waals surface area contributed by atoms with Crippen LogP contribution in [0, 0.1) is 0 Å². The van der Waals surface area contributed by atoms with E-state index in [-0.39, 0.29) is 17.7 Å². The number of rotatable bonds is 6. The van der Waals surface area contributed by atoms with Crippen molar-refractivity contribution in [2.24, 2.45) is 0 Å². The van der Waals surface area contributed by atoms with Gasteiger partial charge in [0.25, 0.3) is 11.6 Å². The number of benzene rings is 2. The number of carbonyl (C=O) groups excluding carboxylic acids is 1. The second-order valence-electron chi connectivity index (χ2n) is 7.94. The molecule has 2 heterocycles.